The molecule has 1 heterocycles. The number of nitrogens with one attached hydrogen (secondary N) is 1. The molecule has 0 unspecified atom stereocenters. The normalized spacial score (nSPS) is 11.6. The summed E-state index contributed by atoms with van der Waals surface area (Å²) < 4.78 is 0. The molecule has 3 nitrogen and oxygen atoms in total. The Hall–Kier alpha value is -1.32. The van der Waals surface area contributed by atoms with Crippen molar-refractivity contribution in [3.63, 3.8) is 0 Å². The standard InChI is InChI=1S/C10H10ClN3/c11-10-8-6-7(2-1-5-12)3-4-9(8)13-14-10/h1-4,6H,5,12H2,(H,13,14)/b2-1+. The second-order valence-corrected chi connectivity index (χ2v) is 3.33. The van der Waals surface area contributed by atoms with Gasteiger partial charge in [0.1, 0.15) is 5.15 Å². The summed E-state index contributed by atoms with van der Waals surface area (Å²) in [5.41, 5.74) is 7.32. The molecule has 4 heteroatoms. The Morgan fingerprint density at radius 3 is 3.14 bits per heavy atom. The van der Waals surface area contributed by atoms with Crippen molar-refractivity contribution in [2.24, 2.45) is 5.73 Å². The molecule has 0 aliphatic rings. The van der Waals surface area contributed by atoms with Gasteiger partial charge in [-0.05, 0) is 17.7 Å². The number of nitrogens with zero attached hydrogens (tertiary/aromatic N) is 1. The molecule has 0 saturated carbocycles. The van der Waals surface area contributed by atoms with Crippen molar-refractivity contribution in [2.45, 2.75) is 0 Å². The summed E-state index contributed by atoms with van der Waals surface area (Å²) in [6.45, 7) is 0.539. The molecule has 0 saturated heterocycles. The first kappa shape index (κ1) is 9.24. The molecule has 0 amide bonds. The fourth-order valence-electron chi connectivity index (χ4n) is 1.30. The molecule has 2 aromatic rings. The van der Waals surface area contributed by atoms with Gasteiger partial charge in [-0.2, -0.15) is 5.10 Å². The average molecular weight is 208 g/mol. The van der Waals surface area contributed by atoms with Crippen LogP contribution in [0.25, 0.3) is 17.0 Å². The number of aromatic nitrogens is 2. The van der Waals surface area contributed by atoms with Gasteiger partial charge in [0, 0.05) is 11.9 Å². The lowest BCUT2D eigenvalue weighted by atomic mass is 10.1. The van der Waals surface area contributed by atoms with Gasteiger partial charge in [-0.15, -0.1) is 0 Å². The zero-order chi connectivity index (χ0) is 9.97. The second-order valence-electron chi connectivity index (χ2n) is 2.95. The van der Waals surface area contributed by atoms with E-state index < -0.39 is 0 Å². The molecule has 2 rings (SSSR count). The van der Waals surface area contributed by atoms with Crippen LogP contribution in [0.2, 0.25) is 5.15 Å². The fraction of sp³-hybridized carbons (Fsp3) is 0.100. The molecular weight excluding hydrogens is 198 g/mol. The van der Waals surface area contributed by atoms with Crippen LogP contribution < -0.4 is 5.73 Å². The molecule has 1 aromatic heterocycles. The van der Waals surface area contributed by atoms with Crippen molar-refractivity contribution in [1.29, 1.82) is 0 Å². The first-order chi connectivity index (χ1) is 6.81. The van der Waals surface area contributed by atoms with Crippen molar-refractivity contribution in [2.75, 3.05) is 6.54 Å². The maximum Gasteiger partial charge on any atom is 0.132 e. The van der Waals surface area contributed by atoms with E-state index in [0.29, 0.717) is 11.7 Å². The number of hydrogen-bond acceptors (Lipinski definition) is 2. The lowest BCUT2D eigenvalue weighted by molar-refractivity contribution is 1.12. The number of H-pyrrole nitrogens is 1. The van der Waals surface area contributed by atoms with Crippen LogP contribution >= 0.6 is 11.6 Å². The van der Waals surface area contributed by atoms with Crippen molar-refractivity contribution < 1.29 is 0 Å². The Bertz CT molecular complexity index is 473. The summed E-state index contributed by atoms with van der Waals surface area (Å²) in [6.07, 6.45) is 3.86. The van der Waals surface area contributed by atoms with Crippen LogP contribution in [0.5, 0.6) is 0 Å². The average Bonchev–Trinajstić information content (AvgIpc) is 2.57. The van der Waals surface area contributed by atoms with E-state index in [2.05, 4.69) is 10.2 Å². The molecule has 0 spiro atoms. The van der Waals surface area contributed by atoms with Gasteiger partial charge in [-0.3, -0.25) is 5.10 Å². The summed E-state index contributed by atoms with van der Waals surface area (Å²) in [5.74, 6) is 0. The first-order valence-corrected chi connectivity index (χ1v) is 4.69. The van der Waals surface area contributed by atoms with Crippen molar-refractivity contribution in [3.05, 3.63) is 35.0 Å². The Balaban J connectivity index is 2.49. The molecule has 0 radical (unpaired) electrons. The number of halogens is 1. The lowest BCUT2D eigenvalue weighted by Gasteiger charge is -1.93. The molecule has 0 fully saturated rings. The van der Waals surface area contributed by atoms with Gasteiger partial charge in [0.05, 0.1) is 5.52 Å². The minimum atomic E-state index is 0.539. The van der Waals surface area contributed by atoms with Crippen LogP contribution in [0.1, 0.15) is 5.56 Å². The van der Waals surface area contributed by atoms with Gasteiger partial charge in [0.2, 0.25) is 0 Å². The summed E-state index contributed by atoms with van der Waals surface area (Å²) in [6, 6.07) is 5.88. The Labute approximate surface area is 86.6 Å². The van der Waals surface area contributed by atoms with E-state index in [0.717, 1.165) is 16.5 Å². The van der Waals surface area contributed by atoms with Crippen molar-refractivity contribution in [1.82, 2.24) is 10.2 Å². The van der Waals surface area contributed by atoms with Crippen LogP contribution in [-0.4, -0.2) is 16.7 Å². The fourth-order valence-corrected chi connectivity index (χ4v) is 1.50. The molecule has 0 atom stereocenters. The van der Waals surface area contributed by atoms with E-state index in [1.807, 2.05) is 30.4 Å². The number of aromatic amines is 1. The van der Waals surface area contributed by atoms with E-state index in [9.17, 15) is 0 Å². The SMILES string of the molecule is NC/C=C/c1ccc2n[nH]c(Cl)c2c1. The predicted molar refractivity (Wildman–Crippen MR) is 59.2 cm³/mol. The highest BCUT2D eigenvalue weighted by atomic mass is 35.5. The highest BCUT2D eigenvalue weighted by Crippen LogP contribution is 2.21. The van der Waals surface area contributed by atoms with Gasteiger partial charge in [0.25, 0.3) is 0 Å². The molecule has 1 aromatic carbocycles. The monoisotopic (exact) mass is 207 g/mol. The Kier molecular flexibility index (Phi) is 2.52. The number of fused-ring (bicyclic) bond motifs is 1. The van der Waals surface area contributed by atoms with Crippen molar-refractivity contribution >= 4 is 28.6 Å². The third kappa shape index (κ3) is 1.64. The number of benzene rings is 1. The smallest absolute Gasteiger partial charge is 0.132 e. The van der Waals surface area contributed by atoms with Crippen molar-refractivity contribution in [3.8, 4) is 0 Å². The van der Waals surface area contributed by atoms with E-state index in [1.54, 1.807) is 0 Å². The zero-order valence-electron chi connectivity index (χ0n) is 7.50. The number of rotatable bonds is 2. The maximum atomic E-state index is 5.91. The van der Waals surface area contributed by atoms with Crippen LogP contribution in [0, 0.1) is 0 Å². The van der Waals surface area contributed by atoms with E-state index in [1.165, 1.54) is 0 Å². The number of hydrogen-bond donors (Lipinski definition) is 2. The zero-order valence-corrected chi connectivity index (χ0v) is 8.25. The molecule has 0 aliphatic carbocycles. The molecule has 0 bridgehead atoms. The van der Waals surface area contributed by atoms with Gasteiger partial charge < -0.3 is 5.73 Å². The molecule has 72 valence electrons. The quantitative estimate of drug-likeness (QED) is 0.793. The van der Waals surface area contributed by atoms with Crippen LogP contribution in [-0.2, 0) is 0 Å². The molecule has 3 N–H and O–H groups in total. The van der Waals surface area contributed by atoms with Crippen LogP contribution in [0.4, 0.5) is 0 Å². The van der Waals surface area contributed by atoms with Crippen LogP contribution in [0.15, 0.2) is 24.3 Å². The van der Waals surface area contributed by atoms with Gasteiger partial charge >= 0.3 is 0 Å². The van der Waals surface area contributed by atoms with E-state index >= 15 is 0 Å². The largest absolute Gasteiger partial charge is 0.327 e. The van der Waals surface area contributed by atoms with Gasteiger partial charge in [-0.1, -0.05) is 29.8 Å². The van der Waals surface area contributed by atoms with E-state index in [4.69, 9.17) is 17.3 Å². The predicted octanol–water partition coefficient (Wildman–Crippen LogP) is 2.19. The Morgan fingerprint density at radius 2 is 2.36 bits per heavy atom. The summed E-state index contributed by atoms with van der Waals surface area (Å²) in [5, 5.41) is 8.27. The van der Waals surface area contributed by atoms with Crippen LogP contribution in [0.3, 0.4) is 0 Å². The highest BCUT2D eigenvalue weighted by Gasteiger charge is 2.01. The topological polar surface area (TPSA) is 54.7 Å². The van der Waals surface area contributed by atoms with Gasteiger partial charge in [-0.25, -0.2) is 0 Å². The highest BCUT2D eigenvalue weighted by molar-refractivity contribution is 6.34. The third-order valence-corrected chi connectivity index (χ3v) is 2.27. The maximum absolute atomic E-state index is 5.91. The molecule has 0 aliphatic heterocycles. The summed E-state index contributed by atoms with van der Waals surface area (Å²) in [4.78, 5) is 0. The summed E-state index contributed by atoms with van der Waals surface area (Å²) in [7, 11) is 0. The Morgan fingerprint density at radius 1 is 1.50 bits per heavy atom. The second kappa shape index (κ2) is 3.82. The third-order valence-electron chi connectivity index (χ3n) is 1.98. The summed E-state index contributed by atoms with van der Waals surface area (Å²) >= 11 is 5.91. The number of nitrogens with two attached hydrogens (primary N) is 1. The minimum Gasteiger partial charge on any atom is -0.327 e. The first-order valence-electron chi connectivity index (χ1n) is 4.31. The lowest BCUT2D eigenvalue weighted by Crippen LogP contribution is -1.91. The van der Waals surface area contributed by atoms with Gasteiger partial charge in [0.15, 0.2) is 0 Å². The van der Waals surface area contributed by atoms with E-state index in [-0.39, 0.29) is 0 Å². The minimum absolute atomic E-state index is 0.539. The molecular formula is C10H10ClN3. The molecule has 14 heavy (non-hydrogen) atoms.